The highest BCUT2D eigenvalue weighted by molar-refractivity contribution is 5.01. The molecule has 1 radical (unpaired) electrons. The summed E-state index contributed by atoms with van der Waals surface area (Å²) in [4.78, 5) is 7.83. The highest BCUT2D eigenvalue weighted by atomic mass is 16.5. The number of aromatic nitrogens is 2. The maximum absolute atomic E-state index is 5.61. The second kappa shape index (κ2) is 4.18. The molecule has 1 saturated heterocycles. The van der Waals surface area contributed by atoms with Gasteiger partial charge in [-0.2, -0.15) is 0 Å². The predicted molar refractivity (Wildman–Crippen MR) is 47.4 cm³/mol. The van der Waals surface area contributed by atoms with Crippen LogP contribution in [0.25, 0.3) is 0 Å². The molecule has 4 heteroatoms. The Morgan fingerprint density at radius 2 is 2.31 bits per heavy atom. The molecule has 13 heavy (non-hydrogen) atoms. The largest absolute Gasteiger partial charge is 0.473 e. The molecule has 1 N–H and O–H groups in total. The lowest BCUT2D eigenvalue weighted by Crippen LogP contribution is -2.34. The number of hydrogen-bond donors (Lipinski definition) is 1. The highest BCUT2D eigenvalue weighted by Gasteiger charge is 2.14. The standard InChI is InChI=1S/C9H12N3O/c1-3-10-4-2-8(1)13-9-7-11-5-6-12-9/h5,7-8,10H,1-4H2. The van der Waals surface area contributed by atoms with Gasteiger partial charge in [0.05, 0.1) is 12.4 Å². The van der Waals surface area contributed by atoms with Gasteiger partial charge in [-0.1, -0.05) is 0 Å². The van der Waals surface area contributed by atoms with Gasteiger partial charge in [-0.25, -0.2) is 4.98 Å². The van der Waals surface area contributed by atoms with Gasteiger partial charge < -0.3 is 10.1 Å². The third kappa shape index (κ3) is 2.39. The van der Waals surface area contributed by atoms with Crippen LogP contribution in [0.4, 0.5) is 0 Å². The molecule has 0 atom stereocenters. The molecule has 1 aromatic rings. The summed E-state index contributed by atoms with van der Waals surface area (Å²) in [5.41, 5.74) is 0. The van der Waals surface area contributed by atoms with Crippen molar-refractivity contribution in [3.8, 4) is 5.88 Å². The van der Waals surface area contributed by atoms with Crippen LogP contribution in [0, 0.1) is 6.20 Å². The summed E-state index contributed by atoms with van der Waals surface area (Å²) in [6.07, 6.45) is 8.16. The first-order valence-corrected chi connectivity index (χ1v) is 4.50. The predicted octanol–water partition coefficient (Wildman–Crippen LogP) is 0.408. The first kappa shape index (κ1) is 8.44. The molecule has 2 rings (SSSR count). The van der Waals surface area contributed by atoms with Crippen molar-refractivity contribution in [1.82, 2.24) is 15.3 Å². The molecule has 2 heterocycles. The summed E-state index contributed by atoms with van der Waals surface area (Å²) in [5, 5.41) is 3.28. The zero-order chi connectivity index (χ0) is 8.93. The zero-order valence-corrected chi connectivity index (χ0v) is 7.36. The van der Waals surface area contributed by atoms with E-state index in [1.165, 1.54) is 6.20 Å². The van der Waals surface area contributed by atoms with Gasteiger partial charge in [-0.05, 0) is 25.9 Å². The van der Waals surface area contributed by atoms with Crippen LogP contribution in [-0.2, 0) is 0 Å². The van der Waals surface area contributed by atoms with Crippen LogP contribution in [0.1, 0.15) is 12.8 Å². The summed E-state index contributed by atoms with van der Waals surface area (Å²) >= 11 is 0. The van der Waals surface area contributed by atoms with E-state index in [9.17, 15) is 0 Å². The average Bonchev–Trinajstić information content (AvgIpc) is 2.21. The first-order chi connectivity index (χ1) is 6.45. The Morgan fingerprint density at radius 1 is 1.46 bits per heavy atom. The number of ether oxygens (including phenoxy) is 1. The van der Waals surface area contributed by atoms with Crippen LogP contribution in [0.5, 0.6) is 5.88 Å². The van der Waals surface area contributed by atoms with E-state index in [2.05, 4.69) is 21.5 Å². The van der Waals surface area contributed by atoms with E-state index >= 15 is 0 Å². The average molecular weight is 178 g/mol. The molecule has 1 aliphatic rings. The number of nitrogens with one attached hydrogen (secondary N) is 1. The monoisotopic (exact) mass is 178 g/mol. The summed E-state index contributed by atoms with van der Waals surface area (Å²) in [6, 6.07) is 0. The minimum absolute atomic E-state index is 0.284. The number of piperidine rings is 1. The summed E-state index contributed by atoms with van der Waals surface area (Å²) in [5.74, 6) is 0.578. The van der Waals surface area contributed by atoms with E-state index in [-0.39, 0.29) is 6.10 Å². The molecule has 0 spiro atoms. The Balaban J connectivity index is 1.90. The van der Waals surface area contributed by atoms with E-state index in [4.69, 9.17) is 4.74 Å². The van der Waals surface area contributed by atoms with Crippen molar-refractivity contribution in [2.24, 2.45) is 0 Å². The van der Waals surface area contributed by atoms with Crippen molar-refractivity contribution in [2.45, 2.75) is 18.9 Å². The summed E-state index contributed by atoms with van der Waals surface area (Å²) in [7, 11) is 0. The Labute approximate surface area is 77.4 Å². The molecular formula is C9H12N3O. The Bertz CT molecular complexity index is 246. The Kier molecular flexibility index (Phi) is 2.72. The van der Waals surface area contributed by atoms with Crippen molar-refractivity contribution < 1.29 is 4.74 Å². The number of nitrogens with zero attached hydrogens (tertiary/aromatic N) is 2. The van der Waals surface area contributed by atoms with Crippen LogP contribution >= 0.6 is 0 Å². The maximum atomic E-state index is 5.61. The molecule has 1 aromatic heterocycles. The molecule has 0 aliphatic carbocycles. The van der Waals surface area contributed by atoms with Gasteiger partial charge in [0, 0.05) is 0 Å². The van der Waals surface area contributed by atoms with Crippen LogP contribution < -0.4 is 10.1 Å². The first-order valence-electron chi connectivity index (χ1n) is 4.50. The van der Waals surface area contributed by atoms with E-state index in [0.29, 0.717) is 5.88 Å². The molecule has 69 valence electrons. The Morgan fingerprint density at radius 3 is 3.00 bits per heavy atom. The molecule has 1 aliphatic heterocycles. The van der Waals surface area contributed by atoms with Gasteiger partial charge >= 0.3 is 0 Å². The molecular weight excluding hydrogens is 166 g/mol. The van der Waals surface area contributed by atoms with E-state index < -0.39 is 0 Å². The highest BCUT2D eigenvalue weighted by Crippen LogP contribution is 2.11. The molecule has 1 fully saturated rings. The molecule has 0 saturated carbocycles. The SMILES string of the molecule is [c]1cncc(OC2CCNCC2)n1. The van der Waals surface area contributed by atoms with Gasteiger partial charge in [-0.3, -0.25) is 4.98 Å². The lowest BCUT2D eigenvalue weighted by atomic mass is 10.1. The van der Waals surface area contributed by atoms with Crippen molar-refractivity contribution in [1.29, 1.82) is 0 Å². The number of hydrogen-bond acceptors (Lipinski definition) is 4. The van der Waals surface area contributed by atoms with Crippen molar-refractivity contribution in [3.05, 3.63) is 18.6 Å². The lowest BCUT2D eigenvalue weighted by molar-refractivity contribution is 0.155. The third-order valence-electron chi connectivity index (χ3n) is 2.07. The van der Waals surface area contributed by atoms with E-state index in [1.54, 1.807) is 6.20 Å². The van der Waals surface area contributed by atoms with E-state index in [1.807, 2.05) is 0 Å². The van der Waals surface area contributed by atoms with Gasteiger partial charge in [0.25, 0.3) is 0 Å². The summed E-state index contributed by atoms with van der Waals surface area (Å²) < 4.78 is 5.61. The fourth-order valence-electron chi connectivity index (χ4n) is 1.40. The second-order valence-corrected chi connectivity index (χ2v) is 3.05. The van der Waals surface area contributed by atoms with Gasteiger partial charge in [0.2, 0.25) is 5.88 Å². The lowest BCUT2D eigenvalue weighted by Gasteiger charge is -2.22. The second-order valence-electron chi connectivity index (χ2n) is 3.05. The van der Waals surface area contributed by atoms with Gasteiger partial charge in [0.1, 0.15) is 12.3 Å². The summed E-state index contributed by atoms with van der Waals surface area (Å²) in [6.45, 7) is 2.04. The quantitative estimate of drug-likeness (QED) is 0.712. The minimum atomic E-state index is 0.284. The fourth-order valence-corrected chi connectivity index (χ4v) is 1.40. The fraction of sp³-hybridized carbons (Fsp3) is 0.556. The molecule has 4 nitrogen and oxygen atoms in total. The van der Waals surface area contributed by atoms with Gasteiger partial charge in [0.15, 0.2) is 0 Å². The maximum Gasteiger partial charge on any atom is 0.233 e. The number of rotatable bonds is 2. The van der Waals surface area contributed by atoms with Crippen LogP contribution in [-0.4, -0.2) is 29.2 Å². The zero-order valence-electron chi connectivity index (χ0n) is 7.36. The van der Waals surface area contributed by atoms with Crippen molar-refractivity contribution in [2.75, 3.05) is 13.1 Å². The Hall–Kier alpha value is -1.16. The minimum Gasteiger partial charge on any atom is -0.473 e. The van der Waals surface area contributed by atoms with Crippen LogP contribution in [0.3, 0.4) is 0 Å². The van der Waals surface area contributed by atoms with Gasteiger partial charge in [-0.15, -0.1) is 0 Å². The van der Waals surface area contributed by atoms with Crippen LogP contribution in [0.15, 0.2) is 12.4 Å². The van der Waals surface area contributed by atoms with Crippen LogP contribution in [0.2, 0.25) is 0 Å². The van der Waals surface area contributed by atoms with E-state index in [0.717, 1.165) is 25.9 Å². The molecule has 0 aromatic carbocycles. The molecule has 0 unspecified atom stereocenters. The van der Waals surface area contributed by atoms with Crippen molar-refractivity contribution in [3.63, 3.8) is 0 Å². The molecule has 0 amide bonds. The molecule has 0 bridgehead atoms. The smallest absolute Gasteiger partial charge is 0.233 e. The van der Waals surface area contributed by atoms with Crippen molar-refractivity contribution >= 4 is 0 Å². The normalized spacial score (nSPS) is 18.5. The third-order valence-corrected chi connectivity index (χ3v) is 2.07. The topological polar surface area (TPSA) is 47.0 Å².